The van der Waals surface area contributed by atoms with Gasteiger partial charge in [-0.1, -0.05) is 17.9 Å². The number of hydrogen-bond acceptors (Lipinski definition) is 4. The Balaban J connectivity index is 2.42. The maximum Gasteiger partial charge on any atom is 0.120 e. The van der Waals surface area contributed by atoms with Crippen LogP contribution in [0.3, 0.4) is 0 Å². The van der Waals surface area contributed by atoms with E-state index in [2.05, 4.69) is 11.8 Å². The normalized spacial score (nSPS) is 10.0. The zero-order valence-corrected chi connectivity index (χ0v) is 10.6. The highest BCUT2D eigenvalue weighted by Gasteiger charge is 1.98. The smallest absolute Gasteiger partial charge is 0.120 e. The SMILES string of the molecule is CN(CCO)CCOc1cccc(C#CCO)c1. The van der Waals surface area contributed by atoms with E-state index in [4.69, 9.17) is 14.9 Å². The number of benzene rings is 1. The molecule has 0 saturated heterocycles. The van der Waals surface area contributed by atoms with Crippen molar-refractivity contribution >= 4 is 0 Å². The second-order valence-electron chi connectivity index (χ2n) is 3.86. The summed E-state index contributed by atoms with van der Waals surface area (Å²) in [5.74, 6) is 6.19. The number of aliphatic hydroxyl groups excluding tert-OH is 2. The first-order chi connectivity index (χ1) is 8.76. The lowest BCUT2D eigenvalue weighted by Gasteiger charge is -2.15. The molecule has 0 aromatic heterocycles. The second kappa shape index (κ2) is 8.54. The fourth-order valence-electron chi connectivity index (χ4n) is 1.41. The molecule has 0 aliphatic heterocycles. The van der Waals surface area contributed by atoms with Crippen LogP contribution in [0.25, 0.3) is 0 Å². The van der Waals surface area contributed by atoms with Gasteiger partial charge < -0.3 is 19.8 Å². The molecule has 0 unspecified atom stereocenters. The first-order valence-electron chi connectivity index (χ1n) is 5.88. The Kier molecular flexibility index (Phi) is 6.89. The van der Waals surface area contributed by atoms with Gasteiger partial charge in [0.15, 0.2) is 0 Å². The van der Waals surface area contributed by atoms with Crippen LogP contribution in [0.4, 0.5) is 0 Å². The number of aliphatic hydroxyl groups is 2. The maximum absolute atomic E-state index is 8.75. The van der Waals surface area contributed by atoms with E-state index in [9.17, 15) is 0 Å². The van der Waals surface area contributed by atoms with E-state index < -0.39 is 0 Å². The third kappa shape index (κ3) is 5.69. The molecule has 0 saturated carbocycles. The van der Waals surface area contributed by atoms with Crippen LogP contribution in [0.1, 0.15) is 5.56 Å². The third-order valence-electron chi connectivity index (χ3n) is 2.37. The Morgan fingerprint density at radius 3 is 2.83 bits per heavy atom. The lowest BCUT2D eigenvalue weighted by atomic mass is 10.2. The van der Waals surface area contributed by atoms with E-state index in [-0.39, 0.29) is 13.2 Å². The summed E-state index contributed by atoms with van der Waals surface area (Å²) in [4.78, 5) is 2.00. The molecule has 18 heavy (non-hydrogen) atoms. The van der Waals surface area contributed by atoms with Gasteiger partial charge in [0, 0.05) is 18.7 Å². The van der Waals surface area contributed by atoms with E-state index in [1.807, 2.05) is 36.2 Å². The maximum atomic E-state index is 8.75. The number of ether oxygens (including phenoxy) is 1. The van der Waals surface area contributed by atoms with Crippen LogP contribution in [-0.4, -0.2) is 55.1 Å². The molecule has 0 radical (unpaired) electrons. The quantitative estimate of drug-likeness (QED) is 0.714. The van der Waals surface area contributed by atoms with Crippen molar-refractivity contribution < 1.29 is 14.9 Å². The lowest BCUT2D eigenvalue weighted by molar-refractivity contribution is 0.192. The number of nitrogens with zero attached hydrogens (tertiary/aromatic N) is 1. The van der Waals surface area contributed by atoms with Gasteiger partial charge in [0.1, 0.15) is 19.0 Å². The van der Waals surface area contributed by atoms with Crippen molar-refractivity contribution in [2.75, 3.05) is 40.0 Å². The lowest BCUT2D eigenvalue weighted by Crippen LogP contribution is -2.27. The number of hydrogen-bond donors (Lipinski definition) is 2. The summed E-state index contributed by atoms with van der Waals surface area (Å²) in [7, 11) is 1.93. The molecule has 0 heterocycles. The van der Waals surface area contributed by atoms with Crippen LogP contribution in [0.15, 0.2) is 24.3 Å². The monoisotopic (exact) mass is 249 g/mol. The van der Waals surface area contributed by atoms with E-state index in [0.717, 1.165) is 17.9 Å². The van der Waals surface area contributed by atoms with Gasteiger partial charge >= 0.3 is 0 Å². The molecule has 0 aliphatic carbocycles. The Bertz CT molecular complexity index is 409. The van der Waals surface area contributed by atoms with Gasteiger partial charge in [0.05, 0.1) is 6.61 Å². The topological polar surface area (TPSA) is 52.9 Å². The summed E-state index contributed by atoms with van der Waals surface area (Å²) in [6.45, 7) is 1.98. The zero-order valence-electron chi connectivity index (χ0n) is 10.6. The predicted octanol–water partition coefficient (Wildman–Crippen LogP) is 0.333. The molecule has 0 bridgehead atoms. The minimum Gasteiger partial charge on any atom is -0.492 e. The minimum atomic E-state index is -0.142. The summed E-state index contributed by atoms with van der Waals surface area (Å²) in [6, 6.07) is 7.45. The molecule has 0 fully saturated rings. The van der Waals surface area contributed by atoms with E-state index in [1.165, 1.54) is 0 Å². The molecule has 0 aliphatic rings. The standard InChI is InChI=1S/C14H19NO3/c1-15(7-10-17)8-11-18-14-6-2-4-13(12-14)5-3-9-16/h2,4,6,12,16-17H,7-11H2,1H3. The molecule has 0 atom stereocenters. The summed E-state index contributed by atoms with van der Waals surface area (Å²) >= 11 is 0. The highest BCUT2D eigenvalue weighted by Crippen LogP contribution is 2.12. The highest BCUT2D eigenvalue weighted by atomic mass is 16.5. The summed E-state index contributed by atoms with van der Waals surface area (Å²) in [6.07, 6.45) is 0. The van der Waals surface area contributed by atoms with Crippen molar-refractivity contribution in [2.45, 2.75) is 0 Å². The first-order valence-corrected chi connectivity index (χ1v) is 5.88. The average molecular weight is 249 g/mol. The number of likely N-dealkylation sites (N-methyl/N-ethyl adjacent to an activating group) is 1. The van der Waals surface area contributed by atoms with Gasteiger partial charge in [-0.05, 0) is 25.2 Å². The Morgan fingerprint density at radius 2 is 2.11 bits per heavy atom. The van der Waals surface area contributed by atoms with Crippen LogP contribution >= 0.6 is 0 Å². The van der Waals surface area contributed by atoms with Crippen LogP contribution in [-0.2, 0) is 0 Å². The molecule has 1 aromatic rings. The summed E-state index contributed by atoms with van der Waals surface area (Å²) in [5.41, 5.74) is 0.824. The summed E-state index contributed by atoms with van der Waals surface area (Å²) in [5, 5.41) is 17.4. The Hall–Kier alpha value is -1.54. The van der Waals surface area contributed by atoms with Gasteiger partial charge in [-0.3, -0.25) is 0 Å². The van der Waals surface area contributed by atoms with Crippen molar-refractivity contribution in [3.8, 4) is 17.6 Å². The van der Waals surface area contributed by atoms with Gasteiger partial charge in [0.2, 0.25) is 0 Å². The Morgan fingerprint density at radius 1 is 1.28 bits per heavy atom. The minimum absolute atomic E-state index is 0.142. The molecule has 1 rings (SSSR count). The molecule has 4 heteroatoms. The molecule has 2 N–H and O–H groups in total. The average Bonchev–Trinajstić information content (AvgIpc) is 2.37. The van der Waals surface area contributed by atoms with Crippen molar-refractivity contribution in [2.24, 2.45) is 0 Å². The van der Waals surface area contributed by atoms with Crippen molar-refractivity contribution in [3.63, 3.8) is 0 Å². The second-order valence-corrected chi connectivity index (χ2v) is 3.86. The van der Waals surface area contributed by atoms with Crippen molar-refractivity contribution in [1.29, 1.82) is 0 Å². The van der Waals surface area contributed by atoms with Crippen LogP contribution in [0, 0.1) is 11.8 Å². The highest BCUT2D eigenvalue weighted by molar-refractivity contribution is 5.39. The van der Waals surface area contributed by atoms with E-state index >= 15 is 0 Å². The first kappa shape index (κ1) is 14.5. The Labute approximate surface area is 108 Å². The van der Waals surface area contributed by atoms with Crippen LogP contribution in [0.2, 0.25) is 0 Å². The molecule has 0 amide bonds. The molecule has 98 valence electrons. The van der Waals surface area contributed by atoms with E-state index in [1.54, 1.807) is 0 Å². The molecule has 1 aromatic carbocycles. The van der Waals surface area contributed by atoms with E-state index in [0.29, 0.717) is 13.2 Å². The van der Waals surface area contributed by atoms with Crippen molar-refractivity contribution in [3.05, 3.63) is 29.8 Å². The molecule has 0 spiro atoms. The summed E-state index contributed by atoms with van der Waals surface area (Å²) < 4.78 is 5.59. The number of rotatable bonds is 6. The largest absolute Gasteiger partial charge is 0.492 e. The van der Waals surface area contributed by atoms with Crippen LogP contribution < -0.4 is 4.74 Å². The van der Waals surface area contributed by atoms with Gasteiger partial charge in [0.25, 0.3) is 0 Å². The van der Waals surface area contributed by atoms with Gasteiger partial charge in [-0.25, -0.2) is 0 Å². The van der Waals surface area contributed by atoms with Crippen molar-refractivity contribution in [1.82, 2.24) is 4.90 Å². The molecule has 4 nitrogen and oxygen atoms in total. The van der Waals surface area contributed by atoms with Gasteiger partial charge in [-0.15, -0.1) is 0 Å². The zero-order chi connectivity index (χ0) is 13.2. The van der Waals surface area contributed by atoms with Gasteiger partial charge in [-0.2, -0.15) is 0 Å². The third-order valence-corrected chi connectivity index (χ3v) is 2.37. The fraction of sp³-hybridized carbons (Fsp3) is 0.429. The molecular formula is C14H19NO3. The molecular weight excluding hydrogens is 230 g/mol. The predicted molar refractivity (Wildman–Crippen MR) is 70.5 cm³/mol. The fourth-order valence-corrected chi connectivity index (χ4v) is 1.41. The van der Waals surface area contributed by atoms with Crippen LogP contribution in [0.5, 0.6) is 5.75 Å².